The first kappa shape index (κ1) is 16.7. The predicted octanol–water partition coefficient (Wildman–Crippen LogP) is 5.14. The third-order valence-corrected chi connectivity index (χ3v) is 5.01. The van der Waals surface area contributed by atoms with Crippen molar-refractivity contribution in [3.05, 3.63) is 72.2 Å². The average Bonchev–Trinajstić information content (AvgIpc) is 3.05. The van der Waals surface area contributed by atoms with Gasteiger partial charge < -0.3 is 4.40 Å². The number of para-hydroxylation sites is 2. The highest BCUT2D eigenvalue weighted by Gasteiger charge is 2.17. The molecule has 0 amide bonds. The highest BCUT2D eigenvalue weighted by atomic mass is 19.1. The van der Waals surface area contributed by atoms with Crippen molar-refractivity contribution in [3.8, 4) is 11.3 Å². The fourth-order valence-corrected chi connectivity index (χ4v) is 3.55. The minimum atomic E-state index is -0.206. The normalized spacial score (nSPS) is 11.7. The molecule has 0 saturated carbocycles. The smallest absolute Gasteiger partial charge is 0.132 e. The first-order valence-electron chi connectivity index (χ1n) is 9.08. The molecule has 3 nitrogen and oxygen atoms in total. The summed E-state index contributed by atoms with van der Waals surface area (Å²) in [7, 11) is 0. The van der Waals surface area contributed by atoms with Crippen molar-refractivity contribution >= 4 is 16.6 Å². The highest BCUT2D eigenvalue weighted by Crippen LogP contribution is 2.31. The molecule has 0 N–H and O–H groups in total. The Hall–Kier alpha value is -2.72. The standard InChI is InChI=1S/C22H22FN3/c1-3-25(4-2)15-16-13-21(17-9-5-6-10-18(17)23)26-20-12-8-7-11-19(20)24-14-22(16)26/h5-14H,3-4,15H2,1-2H3. The molecule has 4 aromatic rings. The molecule has 0 spiro atoms. The summed E-state index contributed by atoms with van der Waals surface area (Å²) >= 11 is 0. The van der Waals surface area contributed by atoms with Crippen LogP contribution < -0.4 is 0 Å². The Bertz CT molecular complexity index is 1060. The second kappa shape index (κ2) is 6.89. The molecule has 0 aliphatic rings. The van der Waals surface area contributed by atoms with E-state index in [4.69, 9.17) is 0 Å². The maximum Gasteiger partial charge on any atom is 0.132 e. The van der Waals surface area contributed by atoms with Gasteiger partial charge in [-0.15, -0.1) is 0 Å². The molecule has 0 radical (unpaired) electrons. The Morgan fingerprint density at radius 2 is 1.69 bits per heavy atom. The van der Waals surface area contributed by atoms with Crippen LogP contribution in [0.3, 0.4) is 0 Å². The van der Waals surface area contributed by atoms with Gasteiger partial charge in [-0.2, -0.15) is 0 Å². The van der Waals surface area contributed by atoms with Gasteiger partial charge in [-0.3, -0.25) is 9.88 Å². The third-order valence-electron chi connectivity index (χ3n) is 5.01. The van der Waals surface area contributed by atoms with Gasteiger partial charge in [0.25, 0.3) is 0 Å². The van der Waals surface area contributed by atoms with Crippen LogP contribution in [-0.2, 0) is 6.54 Å². The van der Waals surface area contributed by atoms with Crippen molar-refractivity contribution in [2.75, 3.05) is 13.1 Å². The number of aromatic nitrogens is 2. The molecule has 0 aliphatic heterocycles. The second-order valence-corrected chi connectivity index (χ2v) is 6.46. The number of halogens is 1. The van der Waals surface area contributed by atoms with Gasteiger partial charge in [-0.1, -0.05) is 38.1 Å². The summed E-state index contributed by atoms with van der Waals surface area (Å²) in [4.78, 5) is 6.98. The number of benzene rings is 2. The monoisotopic (exact) mass is 347 g/mol. The molecular formula is C22H22FN3. The zero-order valence-electron chi connectivity index (χ0n) is 15.1. The van der Waals surface area contributed by atoms with Gasteiger partial charge in [0.15, 0.2) is 0 Å². The van der Waals surface area contributed by atoms with Gasteiger partial charge >= 0.3 is 0 Å². The van der Waals surface area contributed by atoms with Crippen LogP contribution in [0.1, 0.15) is 19.4 Å². The van der Waals surface area contributed by atoms with Crippen LogP contribution in [0, 0.1) is 5.82 Å². The minimum absolute atomic E-state index is 0.206. The molecule has 26 heavy (non-hydrogen) atoms. The van der Waals surface area contributed by atoms with Gasteiger partial charge in [-0.25, -0.2) is 4.39 Å². The number of hydrogen-bond donors (Lipinski definition) is 0. The summed E-state index contributed by atoms with van der Waals surface area (Å²) in [6.07, 6.45) is 1.91. The van der Waals surface area contributed by atoms with Crippen molar-refractivity contribution < 1.29 is 4.39 Å². The summed E-state index contributed by atoms with van der Waals surface area (Å²) in [5, 5.41) is 0. The molecule has 0 aliphatic carbocycles. The molecule has 2 heterocycles. The van der Waals surface area contributed by atoms with E-state index in [2.05, 4.69) is 34.2 Å². The maximum atomic E-state index is 14.6. The summed E-state index contributed by atoms with van der Waals surface area (Å²) in [6, 6.07) is 17.1. The van der Waals surface area contributed by atoms with Crippen LogP contribution in [0.5, 0.6) is 0 Å². The lowest BCUT2D eigenvalue weighted by atomic mass is 10.1. The first-order valence-corrected chi connectivity index (χ1v) is 9.08. The summed E-state index contributed by atoms with van der Waals surface area (Å²) in [5.74, 6) is -0.206. The van der Waals surface area contributed by atoms with Gasteiger partial charge in [0.05, 0.1) is 28.4 Å². The SMILES string of the molecule is CCN(CC)Cc1cc(-c2ccccc2F)n2c1cnc1ccccc12. The largest absolute Gasteiger partial charge is 0.306 e. The van der Waals surface area contributed by atoms with E-state index in [0.717, 1.165) is 41.9 Å². The summed E-state index contributed by atoms with van der Waals surface area (Å²) in [6.45, 7) is 7.10. The lowest BCUT2D eigenvalue weighted by Crippen LogP contribution is -2.21. The van der Waals surface area contributed by atoms with Gasteiger partial charge in [0.1, 0.15) is 5.82 Å². The van der Waals surface area contributed by atoms with Crippen molar-refractivity contribution in [2.24, 2.45) is 0 Å². The molecule has 2 aromatic heterocycles. The van der Waals surface area contributed by atoms with E-state index >= 15 is 0 Å². The van der Waals surface area contributed by atoms with E-state index in [1.54, 1.807) is 6.07 Å². The van der Waals surface area contributed by atoms with Crippen LogP contribution in [0.25, 0.3) is 27.8 Å². The topological polar surface area (TPSA) is 20.5 Å². The number of nitrogens with zero attached hydrogens (tertiary/aromatic N) is 3. The van der Waals surface area contributed by atoms with Crippen LogP contribution in [-0.4, -0.2) is 27.4 Å². The van der Waals surface area contributed by atoms with E-state index in [1.165, 1.54) is 11.6 Å². The van der Waals surface area contributed by atoms with Crippen molar-refractivity contribution in [1.82, 2.24) is 14.3 Å². The van der Waals surface area contributed by atoms with Crippen LogP contribution in [0.2, 0.25) is 0 Å². The lowest BCUT2D eigenvalue weighted by molar-refractivity contribution is 0.297. The second-order valence-electron chi connectivity index (χ2n) is 6.46. The van der Waals surface area contributed by atoms with Gasteiger partial charge in [0.2, 0.25) is 0 Å². The number of fused-ring (bicyclic) bond motifs is 3. The molecule has 4 heteroatoms. The number of rotatable bonds is 5. The molecule has 0 saturated heterocycles. The van der Waals surface area contributed by atoms with E-state index in [9.17, 15) is 4.39 Å². The Morgan fingerprint density at radius 1 is 0.962 bits per heavy atom. The van der Waals surface area contributed by atoms with Crippen molar-refractivity contribution in [1.29, 1.82) is 0 Å². The fourth-order valence-electron chi connectivity index (χ4n) is 3.55. The number of hydrogen-bond acceptors (Lipinski definition) is 2. The molecule has 132 valence electrons. The molecular weight excluding hydrogens is 325 g/mol. The fraction of sp³-hybridized carbons (Fsp3) is 0.227. The van der Waals surface area contributed by atoms with Crippen molar-refractivity contribution in [2.45, 2.75) is 20.4 Å². The van der Waals surface area contributed by atoms with Crippen LogP contribution in [0.15, 0.2) is 60.8 Å². The molecule has 0 bridgehead atoms. The van der Waals surface area contributed by atoms with E-state index < -0.39 is 0 Å². The predicted molar refractivity (Wildman–Crippen MR) is 105 cm³/mol. The molecule has 0 unspecified atom stereocenters. The van der Waals surface area contributed by atoms with Crippen molar-refractivity contribution in [3.63, 3.8) is 0 Å². The van der Waals surface area contributed by atoms with Gasteiger partial charge in [-0.05, 0) is 49.0 Å². The lowest BCUT2D eigenvalue weighted by Gasteiger charge is -2.17. The Labute approximate surface area is 152 Å². The Balaban J connectivity index is 2.03. The average molecular weight is 347 g/mol. The summed E-state index contributed by atoms with van der Waals surface area (Å²) < 4.78 is 16.7. The van der Waals surface area contributed by atoms with E-state index in [-0.39, 0.29) is 5.82 Å². The molecule has 0 fully saturated rings. The summed E-state index contributed by atoms with van der Waals surface area (Å²) in [5.41, 5.74) is 5.60. The van der Waals surface area contributed by atoms with Gasteiger partial charge in [0, 0.05) is 12.1 Å². The Kier molecular flexibility index (Phi) is 4.43. The molecule has 2 aromatic carbocycles. The van der Waals surface area contributed by atoms with Crippen LogP contribution in [0.4, 0.5) is 4.39 Å². The highest BCUT2D eigenvalue weighted by molar-refractivity contribution is 5.84. The quantitative estimate of drug-likeness (QED) is 0.498. The molecule has 0 atom stereocenters. The zero-order valence-corrected chi connectivity index (χ0v) is 15.1. The first-order chi connectivity index (χ1) is 12.7. The van der Waals surface area contributed by atoms with Crippen LogP contribution >= 0.6 is 0 Å². The van der Waals surface area contributed by atoms with E-state index in [1.807, 2.05) is 42.6 Å². The zero-order chi connectivity index (χ0) is 18.1. The maximum absolute atomic E-state index is 14.6. The third kappa shape index (κ3) is 2.76. The molecule has 4 rings (SSSR count). The van der Waals surface area contributed by atoms with E-state index in [0.29, 0.717) is 5.56 Å². The Morgan fingerprint density at radius 3 is 2.46 bits per heavy atom. The minimum Gasteiger partial charge on any atom is -0.306 e.